The minimum absolute atomic E-state index is 0.0908. The van der Waals surface area contributed by atoms with Crippen LogP contribution in [0.1, 0.15) is 35.8 Å². The third kappa shape index (κ3) is 5.36. The van der Waals surface area contributed by atoms with Crippen molar-refractivity contribution in [1.29, 1.82) is 0 Å². The van der Waals surface area contributed by atoms with Crippen LogP contribution in [0.3, 0.4) is 0 Å². The average molecular weight is 446 g/mol. The quantitative estimate of drug-likeness (QED) is 0.679. The third-order valence-corrected chi connectivity index (χ3v) is 6.55. The zero-order valence-electron chi connectivity index (χ0n) is 17.4. The van der Waals surface area contributed by atoms with Crippen LogP contribution in [0.5, 0.6) is 0 Å². The van der Waals surface area contributed by atoms with Crippen LogP contribution in [-0.4, -0.2) is 59.3 Å². The molecule has 2 aromatic rings. The Bertz CT molecular complexity index is 868. The highest BCUT2D eigenvalue weighted by Crippen LogP contribution is 2.27. The van der Waals surface area contributed by atoms with Crippen molar-refractivity contribution in [3.63, 3.8) is 0 Å². The predicted octanol–water partition coefficient (Wildman–Crippen LogP) is 4.55. The zero-order valence-corrected chi connectivity index (χ0v) is 19.0. The summed E-state index contributed by atoms with van der Waals surface area (Å²) >= 11 is 8.31. The molecule has 0 radical (unpaired) electrons. The fourth-order valence-corrected chi connectivity index (χ4v) is 4.85. The molecule has 1 fully saturated rings. The van der Waals surface area contributed by atoms with E-state index in [1.54, 1.807) is 23.1 Å². The summed E-state index contributed by atoms with van der Waals surface area (Å²) in [5.74, 6) is 1.85. The maximum atomic E-state index is 13.3. The van der Waals surface area contributed by atoms with Crippen LogP contribution in [0, 0.1) is 0 Å². The monoisotopic (exact) mass is 445 g/mol. The molecule has 0 saturated carbocycles. The van der Waals surface area contributed by atoms with Crippen molar-refractivity contribution >= 4 is 40.9 Å². The first-order valence-corrected chi connectivity index (χ1v) is 11.8. The molecule has 1 unspecified atom stereocenters. The number of hydrogen-bond acceptors (Lipinski definition) is 4. The lowest BCUT2D eigenvalue weighted by atomic mass is 10.0. The minimum atomic E-state index is -0.358. The number of amides is 2. The number of nitrogens with zero attached hydrogens (tertiary/aromatic N) is 2. The van der Waals surface area contributed by atoms with Gasteiger partial charge in [-0.15, -0.1) is 0 Å². The number of thioether (sulfide) groups is 1. The lowest BCUT2D eigenvalue weighted by Crippen LogP contribution is -2.41. The molecule has 1 aliphatic heterocycles. The first kappa shape index (κ1) is 22.7. The SMILES string of the molecule is CCN(CC)C(=O)c1ccc(NC(=O)C(c2ccccc2)N2CCSCC2)cc1Cl. The Morgan fingerprint density at radius 3 is 2.37 bits per heavy atom. The Morgan fingerprint density at radius 2 is 1.77 bits per heavy atom. The summed E-state index contributed by atoms with van der Waals surface area (Å²) in [6.45, 7) is 6.86. The summed E-state index contributed by atoms with van der Waals surface area (Å²) in [6.07, 6.45) is 0. The van der Waals surface area contributed by atoms with Crippen LogP contribution in [-0.2, 0) is 4.79 Å². The van der Waals surface area contributed by atoms with Gasteiger partial charge in [-0.1, -0.05) is 41.9 Å². The summed E-state index contributed by atoms with van der Waals surface area (Å²) in [7, 11) is 0. The molecular weight excluding hydrogens is 418 g/mol. The van der Waals surface area contributed by atoms with Gasteiger partial charge in [0.1, 0.15) is 6.04 Å². The van der Waals surface area contributed by atoms with Gasteiger partial charge in [0.15, 0.2) is 0 Å². The van der Waals surface area contributed by atoms with Gasteiger partial charge < -0.3 is 10.2 Å². The molecule has 0 aromatic heterocycles. The second kappa shape index (κ2) is 10.8. The number of anilines is 1. The van der Waals surface area contributed by atoms with Crippen molar-refractivity contribution < 1.29 is 9.59 Å². The lowest BCUT2D eigenvalue weighted by Gasteiger charge is -2.33. The van der Waals surface area contributed by atoms with Gasteiger partial charge in [-0.3, -0.25) is 14.5 Å². The molecule has 3 rings (SSSR count). The summed E-state index contributed by atoms with van der Waals surface area (Å²) in [5.41, 5.74) is 2.01. The van der Waals surface area contributed by atoms with Crippen LogP contribution >= 0.6 is 23.4 Å². The number of nitrogens with one attached hydrogen (secondary N) is 1. The second-order valence-electron chi connectivity index (χ2n) is 7.12. The number of rotatable bonds is 7. The van der Waals surface area contributed by atoms with Gasteiger partial charge in [0, 0.05) is 43.4 Å². The number of halogens is 1. The zero-order chi connectivity index (χ0) is 21.5. The molecular formula is C23H28ClN3O2S. The van der Waals surface area contributed by atoms with Crippen molar-refractivity contribution in [3.05, 3.63) is 64.7 Å². The molecule has 2 amide bonds. The molecule has 1 aliphatic rings. The second-order valence-corrected chi connectivity index (χ2v) is 8.75. The summed E-state index contributed by atoms with van der Waals surface area (Å²) in [6, 6.07) is 14.6. The Morgan fingerprint density at radius 1 is 1.10 bits per heavy atom. The highest BCUT2D eigenvalue weighted by molar-refractivity contribution is 7.99. The number of carbonyl (C=O) groups is 2. The van der Waals surface area contributed by atoms with E-state index in [0.717, 1.165) is 30.2 Å². The van der Waals surface area contributed by atoms with Gasteiger partial charge in [0.05, 0.1) is 10.6 Å². The molecule has 1 heterocycles. The van der Waals surface area contributed by atoms with Gasteiger partial charge in [0.25, 0.3) is 5.91 Å². The molecule has 0 aliphatic carbocycles. The molecule has 1 atom stereocenters. The predicted molar refractivity (Wildman–Crippen MR) is 125 cm³/mol. The van der Waals surface area contributed by atoms with E-state index in [9.17, 15) is 9.59 Å². The molecule has 1 saturated heterocycles. The van der Waals surface area contributed by atoms with Crippen molar-refractivity contribution in [3.8, 4) is 0 Å². The van der Waals surface area contributed by atoms with Crippen molar-refractivity contribution in [2.24, 2.45) is 0 Å². The van der Waals surface area contributed by atoms with Crippen molar-refractivity contribution in [1.82, 2.24) is 9.80 Å². The van der Waals surface area contributed by atoms with Gasteiger partial charge in [0.2, 0.25) is 5.91 Å². The third-order valence-electron chi connectivity index (χ3n) is 5.29. The van der Waals surface area contributed by atoms with Gasteiger partial charge >= 0.3 is 0 Å². The highest BCUT2D eigenvalue weighted by Gasteiger charge is 2.29. The highest BCUT2D eigenvalue weighted by atomic mass is 35.5. The molecule has 1 N–H and O–H groups in total. The standard InChI is InChI=1S/C23H28ClN3O2S/c1-3-26(4-2)23(29)19-11-10-18(16-20(19)24)25-22(28)21(17-8-6-5-7-9-17)27-12-14-30-15-13-27/h5-11,16,21H,3-4,12-15H2,1-2H3,(H,25,28). The number of hydrogen-bond donors (Lipinski definition) is 1. The van der Waals surface area contributed by atoms with Crippen LogP contribution in [0.15, 0.2) is 48.5 Å². The molecule has 7 heteroatoms. The van der Waals surface area contributed by atoms with Gasteiger partial charge in [-0.05, 0) is 37.6 Å². The smallest absolute Gasteiger partial charge is 0.255 e. The fraction of sp³-hybridized carbons (Fsp3) is 0.391. The van der Waals surface area contributed by atoms with Crippen LogP contribution in [0.2, 0.25) is 5.02 Å². The van der Waals surface area contributed by atoms with E-state index in [4.69, 9.17) is 11.6 Å². The molecule has 0 spiro atoms. The normalized spacial score (nSPS) is 15.4. The first-order valence-electron chi connectivity index (χ1n) is 10.3. The van der Waals surface area contributed by atoms with Crippen LogP contribution in [0.4, 0.5) is 5.69 Å². The van der Waals surface area contributed by atoms with E-state index in [2.05, 4.69) is 10.2 Å². The van der Waals surface area contributed by atoms with Crippen molar-refractivity contribution in [2.45, 2.75) is 19.9 Å². The Kier molecular flexibility index (Phi) is 8.19. The van der Waals surface area contributed by atoms with Crippen molar-refractivity contribution in [2.75, 3.05) is 43.0 Å². The summed E-state index contributed by atoms with van der Waals surface area (Å²) in [5, 5.41) is 3.35. The maximum absolute atomic E-state index is 13.3. The van der Waals surface area contributed by atoms with Gasteiger partial charge in [-0.2, -0.15) is 11.8 Å². The Hall–Kier alpha value is -2.02. The number of carbonyl (C=O) groups excluding carboxylic acids is 2. The topological polar surface area (TPSA) is 52.7 Å². The number of benzene rings is 2. The van der Waals surface area contributed by atoms with E-state index in [1.165, 1.54) is 0 Å². The van der Waals surface area contributed by atoms with E-state index in [0.29, 0.717) is 29.4 Å². The Labute approximate surface area is 187 Å². The average Bonchev–Trinajstić information content (AvgIpc) is 2.76. The van der Waals surface area contributed by atoms with E-state index < -0.39 is 0 Å². The van der Waals surface area contributed by atoms with E-state index in [1.807, 2.05) is 55.9 Å². The Balaban J connectivity index is 1.80. The first-order chi connectivity index (χ1) is 14.5. The molecule has 0 bridgehead atoms. The molecule has 5 nitrogen and oxygen atoms in total. The van der Waals surface area contributed by atoms with E-state index >= 15 is 0 Å². The molecule has 160 valence electrons. The summed E-state index contributed by atoms with van der Waals surface area (Å²) in [4.78, 5) is 29.8. The lowest BCUT2D eigenvalue weighted by molar-refractivity contribution is -0.121. The van der Waals surface area contributed by atoms with Crippen LogP contribution < -0.4 is 5.32 Å². The molecule has 2 aromatic carbocycles. The van der Waals surface area contributed by atoms with E-state index in [-0.39, 0.29) is 17.9 Å². The largest absolute Gasteiger partial charge is 0.339 e. The maximum Gasteiger partial charge on any atom is 0.255 e. The van der Waals surface area contributed by atoms with Gasteiger partial charge in [-0.25, -0.2) is 0 Å². The fourth-order valence-electron chi connectivity index (χ4n) is 3.66. The minimum Gasteiger partial charge on any atom is -0.339 e. The molecule has 30 heavy (non-hydrogen) atoms. The summed E-state index contributed by atoms with van der Waals surface area (Å²) < 4.78 is 0. The van der Waals surface area contributed by atoms with Crippen LogP contribution in [0.25, 0.3) is 0 Å².